The first kappa shape index (κ1) is 24.3. The molecule has 0 bridgehead atoms. The lowest BCUT2D eigenvalue weighted by molar-refractivity contribution is -0.141. The van der Waals surface area contributed by atoms with E-state index in [2.05, 4.69) is 10.1 Å². The number of carbonyl (C=O) groups excluding carboxylic acids is 2. The fraction of sp³-hybridized carbons (Fsp3) is 0.125. The topological polar surface area (TPSA) is 141 Å². The number of amides is 2. The highest BCUT2D eigenvalue weighted by atomic mass is 19.4. The molecule has 0 atom stereocenters. The number of alkyl halides is 3. The molecule has 2 aromatic carbocycles. The molecule has 4 aromatic rings. The highest BCUT2D eigenvalue weighted by Crippen LogP contribution is 2.42. The van der Waals surface area contributed by atoms with E-state index in [1.165, 1.54) is 37.3 Å². The largest absolute Gasteiger partial charge is 0.435 e. The van der Waals surface area contributed by atoms with Gasteiger partial charge in [-0.05, 0) is 25.1 Å². The third-order valence-electron chi connectivity index (χ3n) is 5.60. The zero-order valence-corrected chi connectivity index (χ0v) is 18.5. The summed E-state index contributed by atoms with van der Waals surface area (Å²) in [6.45, 7) is 0.829. The summed E-state index contributed by atoms with van der Waals surface area (Å²) < 4.78 is 57.9. The van der Waals surface area contributed by atoms with E-state index < -0.39 is 52.9 Å². The lowest BCUT2D eigenvalue weighted by Crippen LogP contribution is -2.21. The fourth-order valence-corrected chi connectivity index (χ4v) is 3.99. The summed E-state index contributed by atoms with van der Waals surface area (Å²) in [5, 5.41) is 12.7. The van der Waals surface area contributed by atoms with Crippen LogP contribution in [0.3, 0.4) is 0 Å². The number of halogens is 4. The Morgan fingerprint density at radius 3 is 2.36 bits per heavy atom. The van der Waals surface area contributed by atoms with Gasteiger partial charge in [0.2, 0.25) is 5.91 Å². The monoisotopic (exact) mass is 496 g/mol. The van der Waals surface area contributed by atoms with Gasteiger partial charge in [-0.2, -0.15) is 23.5 Å². The number of benzene rings is 2. The van der Waals surface area contributed by atoms with Crippen molar-refractivity contribution in [3.63, 3.8) is 0 Å². The summed E-state index contributed by atoms with van der Waals surface area (Å²) in [6.07, 6.45) is -5.04. The summed E-state index contributed by atoms with van der Waals surface area (Å²) >= 11 is 0. The van der Waals surface area contributed by atoms with Crippen molar-refractivity contribution in [1.82, 2.24) is 14.8 Å². The highest BCUT2D eigenvalue weighted by Gasteiger charge is 2.41. The first-order valence-corrected chi connectivity index (χ1v) is 10.3. The van der Waals surface area contributed by atoms with Crippen LogP contribution < -0.4 is 11.5 Å². The van der Waals surface area contributed by atoms with Crippen LogP contribution in [0.15, 0.2) is 42.5 Å². The number of nitrogens with zero attached hydrogens (tertiary/aromatic N) is 4. The van der Waals surface area contributed by atoms with Crippen LogP contribution in [0.25, 0.3) is 22.0 Å². The molecular formula is C24H16F4N6O2. The van der Waals surface area contributed by atoms with Crippen molar-refractivity contribution in [3.05, 3.63) is 82.1 Å². The number of aromatic nitrogens is 3. The van der Waals surface area contributed by atoms with Crippen molar-refractivity contribution < 1.29 is 27.2 Å². The standard InChI is InChI=1S/C24H16F4N6O2/c1-11-17(19-18(22(30)35)14-4-2-3-5-16(14)32-20(19)23(31)36)21(24(26,27)28)33-34(11)10-13-7-6-12(9-29)8-15(13)25/h2-8H,10H2,1H3,(H2,30,35)(H2,31,36). The number of fused-ring (bicyclic) bond motifs is 1. The maximum atomic E-state index is 14.5. The molecule has 0 radical (unpaired) electrons. The number of carbonyl (C=O) groups is 2. The molecule has 2 heterocycles. The molecular weight excluding hydrogens is 480 g/mol. The molecule has 0 spiro atoms. The third-order valence-corrected chi connectivity index (χ3v) is 5.60. The fourth-order valence-electron chi connectivity index (χ4n) is 3.99. The number of primary amides is 2. The Morgan fingerprint density at radius 2 is 1.78 bits per heavy atom. The molecule has 0 saturated carbocycles. The van der Waals surface area contributed by atoms with E-state index in [1.807, 2.05) is 0 Å². The molecule has 2 aromatic heterocycles. The van der Waals surface area contributed by atoms with Gasteiger partial charge in [-0.25, -0.2) is 9.37 Å². The zero-order valence-electron chi connectivity index (χ0n) is 18.5. The summed E-state index contributed by atoms with van der Waals surface area (Å²) in [5.41, 5.74) is 7.46. The number of hydrogen-bond acceptors (Lipinski definition) is 5. The second-order valence-electron chi connectivity index (χ2n) is 7.84. The van der Waals surface area contributed by atoms with Gasteiger partial charge in [0.1, 0.15) is 11.5 Å². The molecule has 36 heavy (non-hydrogen) atoms. The van der Waals surface area contributed by atoms with Gasteiger partial charge in [0, 0.05) is 27.8 Å². The summed E-state index contributed by atoms with van der Waals surface area (Å²) in [6, 6.07) is 11.2. The lowest BCUT2D eigenvalue weighted by Gasteiger charge is -2.16. The summed E-state index contributed by atoms with van der Waals surface area (Å²) in [5.74, 6) is -3.11. The average molecular weight is 496 g/mol. The average Bonchev–Trinajstić information content (AvgIpc) is 3.14. The molecule has 0 aliphatic rings. The van der Waals surface area contributed by atoms with Gasteiger partial charge in [-0.15, -0.1) is 0 Å². The second kappa shape index (κ2) is 8.77. The van der Waals surface area contributed by atoms with Gasteiger partial charge in [0.25, 0.3) is 5.91 Å². The van der Waals surface area contributed by atoms with Gasteiger partial charge >= 0.3 is 6.18 Å². The Hall–Kier alpha value is -4.79. The Balaban J connectivity index is 2.07. The van der Waals surface area contributed by atoms with E-state index in [9.17, 15) is 27.2 Å². The maximum Gasteiger partial charge on any atom is 0.435 e. The van der Waals surface area contributed by atoms with Crippen LogP contribution in [0.4, 0.5) is 17.6 Å². The normalized spacial score (nSPS) is 11.4. The molecule has 2 amide bonds. The van der Waals surface area contributed by atoms with E-state index in [1.54, 1.807) is 12.1 Å². The van der Waals surface area contributed by atoms with E-state index in [4.69, 9.17) is 16.7 Å². The number of nitriles is 1. The van der Waals surface area contributed by atoms with E-state index >= 15 is 0 Å². The van der Waals surface area contributed by atoms with Crippen molar-refractivity contribution in [2.24, 2.45) is 11.5 Å². The molecule has 182 valence electrons. The molecule has 0 saturated heterocycles. The second-order valence-corrected chi connectivity index (χ2v) is 7.84. The van der Waals surface area contributed by atoms with Crippen LogP contribution in [0, 0.1) is 24.1 Å². The first-order chi connectivity index (χ1) is 16.9. The molecule has 0 aliphatic carbocycles. The van der Waals surface area contributed by atoms with Crippen molar-refractivity contribution in [2.45, 2.75) is 19.6 Å². The number of hydrogen-bond donors (Lipinski definition) is 2. The molecule has 4 N–H and O–H groups in total. The molecule has 8 nitrogen and oxygen atoms in total. The lowest BCUT2D eigenvalue weighted by atomic mass is 9.92. The van der Waals surface area contributed by atoms with E-state index in [-0.39, 0.29) is 33.3 Å². The number of pyridine rings is 1. The minimum Gasteiger partial charge on any atom is -0.366 e. The minimum atomic E-state index is -5.04. The van der Waals surface area contributed by atoms with Crippen LogP contribution in [-0.2, 0) is 12.7 Å². The molecule has 4 rings (SSSR count). The summed E-state index contributed by atoms with van der Waals surface area (Å²) in [4.78, 5) is 28.9. The molecule has 0 unspecified atom stereocenters. The van der Waals surface area contributed by atoms with E-state index in [0.717, 1.165) is 10.7 Å². The van der Waals surface area contributed by atoms with Gasteiger partial charge in [0.15, 0.2) is 5.69 Å². The van der Waals surface area contributed by atoms with Crippen LogP contribution in [0.2, 0.25) is 0 Å². The molecule has 0 aliphatic heterocycles. The van der Waals surface area contributed by atoms with Crippen LogP contribution in [0.5, 0.6) is 0 Å². The van der Waals surface area contributed by atoms with Crippen molar-refractivity contribution in [1.29, 1.82) is 5.26 Å². The third kappa shape index (κ3) is 4.11. The maximum absolute atomic E-state index is 14.5. The molecule has 12 heteroatoms. The van der Waals surface area contributed by atoms with Crippen molar-refractivity contribution in [3.8, 4) is 17.2 Å². The van der Waals surface area contributed by atoms with Crippen LogP contribution >= 0.6 is 0 Å². The van der Waals surface area contributed by atoms with Gasteiger partial charge in [-0.1, -0.05) is 24.3 Å². The Kier molecular flexibility index (Phi) is 5.93. The SMILES string of the molecule is Cc1c(-c2c(C(N)=O)nc3ccccc3c2C(N)=O)c(C(F)(F)F)nn1Cc1ccc(C#N)cc1F. The van der Waals surface area contributed by atoms with Crippen LogP contribution in [-0.4, -0.2) is 26.6 Å². The Bertz CT molecular complexity index is 1600. The quantitative estimate of drug-likeness (QED) is 0.406. The Morgan fingerprint density at radius 1 is 1.08 bits per heavy atom. The van der Waals surface area contributed by atoms with Gasteiger partial charge in [-0.3, -0.25) is 14.3 Å². The van der Waals surface area contributed by atoms with E-state index in [0.29, 0.717) is 0 Å². The van der Waals surface area contributed by atoms with Crippen molar-refractivity contribution in [2.75, 3.05) is 0 Å². The van der Waals surface area contributed by atoms with Crippen LogP contribution in [0.1, 0.15) is 43.4 Å². The molecule has 0 fully saturated rings. The van der Waals surface area contributed by atoms with Gasteiger partial charge < -0.3 is 11.5 Å². The Labute approximate surface area is 200 Å². The number of rotatable bonds is 5. The zero-order chi connectivity index (χ0) is 26.4. The number of para-hydroxylation sites is 1. The summed E-state index contributed by atoms with van der Waals surface area (Å²) in [7, 11) is 0. The first-order valence-electron chi connectivity index (χ1n) is 10.3. The number of nitrogens with two attached hydrogens (primary N) is 2. The predicted octanol–water partition coefficient (Wildman–Crippen LogP) is 3.68. The van der Waals surface area contributed by atoms with Gasteiger partial charge in [0.05, 0.1) is 29.3 Å². The minimum absolute atomic E-state index is 0.0320. The van der Waals surface area contributed by atoms with Crippen molar-refractivity contribution >= 4 is 22.7 Å². The predicted molar refractivity (Wildman–Crippen MR) is 120 cm³/mol. The highest BCUT2D eigenvalue weighted by molar-refractivity contribution is 6.15. The smallest absolute Gasteiger partial charge is 0.366 e.